The van der Waals surface area contributed by atoms with Gasteiger partial charge in [-0.15, -0.1) is 16.8 Å². The van der Waals surface area contributed by atoms with Crippen molar-refractivity contribution < 1.29 is 4.79 Å². The van der Waals surface area contributed by atoms with Gasteiger partial charge >= 0.3 is 0 Å². The number of carbonyl (C=O) groups is 1. The van der Waals surface area contributed by atoms with Gasteiger partial charge in [-0.3, -0.25) is 4.79 Å². The second-order valence-electron chi connectivity index (χ2n) is 6.28. The van der Waals surface area contributed by atoms with Gasteiger partial charge in [0.15, 0.2) is 11.0 Å². The predicted molar refractivity (Wildman–Crippen MR) is 116 cm³/mol. The lowest BCUT2D eigenvalue weighted by atomic mass is 10.1. The maximum absolute atomic E-state index is 12.8. The fraction of sp³-hybridized carbons (Fsp3) is 0.227. The number of anilines is 1. The van der Waals surface area contributed by atoms with Gasteiger partial charge in [-0.1, -0.05) is 60.3 Å². The number of benzene rings is 2. The molecule has 3 rings (SSSR count). The van der Waals surface area contributed by atoms with Crippen LogP contribution in [0, 0.1) is 6.92 Å². The van der Waals surface area contributed by atoms with Crippen molar-refractivity contribution in [1.29, 1.82) is 0 Å². The quantitative estimate of drug-likeness (QED) is 0.416. The molecule has 2 aromatic carbocycles. The van der Waals surface area contributed by atoms with Gasteiger partial charge in [-0.2, -0.15) is 0 Å². The molecule has 0 spiro atoms. The van der Waals surface area contributed by atoms with Crippen molar-refractivity contribution in [3.63, 3.8) is 0 Å². The van der Waals surface area contributed by atoms with E-state index in [1.54, 1.807) is 11.0 Å². The smallest absolute Gasteiger partial charge is 0.237 e. The van der Waals surface area contributed by atoms with Crippen molar-refractivity contribution in [3.05, 3.63) is 72.8 Å². The van der Waals surface area contributed by atoms with Crippen molar-refractivity contribution in [1.82, 2.24) is 14.8 Å². The van der Waals surface area contributed by atoms with E-state index in [9.17, 15) is 4.79 Å². The highest BCUT2D eigenvalue weighted by Crippen LogP contribution is 2.26. The Labute approximate surface area is 170 Å². The number of amides is 1. The summed E-state index contributed by atoms with van der Waals surface area (Å²) >= 11 is 1.41. The average Bonchev–Trinajstić information content (AvgIpc) is 3.14. The molecule has 144 valence electrons. The Kier molecular flexibility index (Phi) is 6.66. The molecule has 0 aliphatic rings. The highest BCUT2D eigenvalue weighted by atomic mass is 32.2. The second kappa shape index (κ2) is 9.37. The maximum Gasteiger partial charge on any atom is 0.237 e. The number of nitrogens with zero attached hydrogens (tertiary/aromatic N) is 4. The fourth-order valence-corrected chi connectivity index (χ4v) is 3.87. The van der Waals surface area contributed by atoms with Crippen LogP contribution in [0.5, 0.6) is 0 Å². The van der Waals surface area contributed by atoms with Gasteiger partial charge in [0.2, 0.25) is 5.91 Å². The number of hydrogen-bond donors (Lipinski definition) is 0. The van der Waals surface area contributed by atoms with Gasteiger partial charge < -0.3 is 9.47 Å². The lowest BCUT2D eigenvalue weighted by Gasteiger charge is -2.21. The van der Waals surface area contributed by atoms with Crippen molar-refractivity contribution in [2.24, 2.45) is 0 Å². The first-order valence-corrected chi connectivity index (χ1v) is 10.2. The highest BCUT2D eigenvalue weighted by molar-refractivity contribution is 7.99. The van der Waals surface area contributed by atoms with Gasteiger partial charge in [0.1, 0.15) is 0 Å². The lowest BCUT2D eigenvalue weighted by molar-refractivity contribution is -0.116. The second-order valence-corrected chi connectivity index (χ2v) is 7.23. The van der Waals surface area contributed by atoms with Crippen LogP contribution in [0.15, 0.2) is 72.4 Å². The van der Waals surface area contributed by atoms with E-state index >= 15 is 0 Å². The molecule has 0 fully saturated rings. The molecule has 0 unspecified atom stereocenters. The van der Waals surface area contributed by atoms with Gasteiger partial charge in [0.25, 0.3) is 0 Å². The monoisotopic (exact) mass is 392 g/mol. The first kappa shape index (κ1) is 19.9. The molecule has 1 heterocycles. The van der Waals surface area contributed by atoms with Crippen LogP contribution in [0.2, 0.25) is 0 Å². The van der Waals surface area contributed by atoms with Gasteiger partial charge in [0.05, 0.1) is 5.75 Å². The van der Waals surface area contributed by atoms with E-state index in [1.165, 1.54) is 11.8 Å². The third-order valence-electron chi connectivity index (χ3n) is 4.42. The molecule has 5 nitrogen and oxygen atoms in total. The molecule has 0 atom stereocenters. The van der Waals surface area contributed by atoms with E-state index < -0.39 is 0 Å². The molecule has 0 saturated heterocycles. The van der Waals surface area contributed by atoms with Gasteiger partial charge in [-0.25, -0.2) is 0 Å². The van der Waals surface area contributed by atoms with E-state index in [0.717, 1.165) is 34.3 Å². The zero-order valence-corrected chi connectivity index (χ0v) is 17.0. The number of rotatable bonds is 8. The van der Waals surface area contributed by atoms with Crippen molar-refractivity contribution in [2.45, 2.75) is 25.5 Å². The molecular formula is C22H24N4OS. The van der Waals surface area contributed by atoms with Crippen LogP contribution in [0.1, 0.15) is 12.5 Å². The topological polar surface area (TPSA) is 51.0 Å². The van der Waals surface area contributed by atoms with Crippen LogP contribution < -0.4 is 4.90 Å². The minimum absolute atomic E-state index is 0.0131. The number of thioether (sulfide) groups is 1. The number of hydrogen-bond acceptors (Lipinski definition) is 4. The Balaban J connectivity index is 1.78. The normalized spacial score (nSPS) is 10.6. The summed E-state index contributed by atoms with van der Waals surface area (Å²) in [5.41, 5.74) is 3.08. The number of aryl methyl sites for hydroxylation is 1. The molecule has 1 amide bonds. The van der Waals surface area contributed by atoms with Crippen molar-refractivity contribution in [3.8, 4) is 11.4 Å². The van der Waals surface area contributed by atoms with Crippen LogP contribution in [0.3, 0.4) is 0 Å². The maximum atomic E-state index is 12.8. The number of carbonyl (C=O) groups excluding carboxylic acids is 1. The zero-order chi connectivity index (χ0) is 19.9. The minimum atomic E-state index is 0.0131. The number of para-hydroxylation sites is 1. The first-order valence-electron chi connectivity index (χ1n) is 9.24. The van der Waals surface area contributed by atoms with Crippen LogP contribution in [0.25, 0.3) is 11.4 Å². The molecular weight excluding hydrogens is 368 g/mol. The van der Waals surface area contributed by atoms with Crippen LogP contribution in [-0.4, -0.2) is 33.0 Å². The summed E-state index contributed by atoms with van der Waals surface area (Å²) in [6, 6.07) is 17.8. The molecule has 3 aromatic rings. The van der Waals surface area contributed by atoms with Crippen LogP contribution in [0.4, 0.5) is 5.69 Å². The molecule has 6 heteroatoms. The SMILES string of the molecule is C=CCN(C(=O)CSc1nnc(-c2ccccc2C)n1CC)c1ccccc1. The van der Waals surface area contributed by atoms with Gasteiger partial charge in [-0.05, 0) is 31.5 Å². The largest absolute Gasteiger partial charge is 0.308 e. The Morgan fingerprint density at radius 3 is 2.54 bits per heavy atom. The van der Waals surface area contributed by atoms with E-state index in [4.69, 9.17) is 0 Å². The summed E-state index contributed by atoms with van der Waals surface area (Å²) in [5, 5.41) is 9.48. The Hall–Kier alpha value is -2.86. The third kappa shape index (κ3) is 4.34. The Morgan fingerprint density at radius 2 is 1.86 bits per heavy atom. The van der Waals surface area contributed by atoms with E-state index in [2.05, 4.69) is 41.3 Å². The Bertz CT molecular complexity index is 952. The van der Waals surface area contributed by atoms with E-state index in [1.807, 2.05) is 48.5 Å². The summed E-state index contributed by atoms with van der Waals surface area (Å²) in [6.07, 6.45) is 1.74. The first-order chi connectivity index (χ1) is 13.7. The van der Waals surface area contributed by atoms with Gasteiger partial charge in [0, 0.05) is 24.3 Å². The molecule has 0 saturated carbocycles. The molecule has 0 aliphatic heterocycles. The summed E-state index contributed by atoms with van der Waals surface area (Å²) in [5.74, 6) is 1.13. The van der Waals surface area contributed by atoms with Crippen molar-refractivity contribution in [2.75, 3.05) is 17.2 Å². The number of aromatic nitrogens is 3. The predicted octanol–water partition coefficient (Wildman–Crippen LogP) is 4.58. The summed E-state index contributed by atoms with van der Waals surface area (Å²) in [4.78, 5) is 14.6. The third-order valence-corrected chi connectivity index (χ3v) is 5.38. The molecule has 1 aromatic heterocycles. The zero-order valence-electron chi connectivity index (χ0n) is 16.2. The van der Waals surface area contributed by atoms with Crippen LogP contribution in [-0.2, 0) is 11.3 Å². The van der Waals surface area contributed by atoms with E-state index in [-0.39, 0.29) is 11.7 Å². The molecule has 0 aliphatic carbocycles. The standard InChI is InChI=1S/C22H24N4OS/c1-4-15-26(18-12-7-6-8-13-18)20(27)16-28-22-24-23-21(25(22)5-2)19-14-10-9-11-17(19)3/h4,6-14H,1,5,15-16H2,2-3H3. The molecule has 28 heavy (non-hydrogen) atoms. The fourth-order valence-electron chi connectivity index (χ4n) is 3.00. The lowest BCUT2D eigenvalue weighted by Crippen LogP contribution is -2.32. The average molecular weight is 393 g/mol. The summed E-state index contributed by atoms with van der Waals surface area (Å²) < 4.78 is 2.06. The van der Waals surface area contributed by atoms with E-state index in [0.29, 0.717) is 6.54 Å². The highest BCUT2D eigenvalue weighted by Gasteiger charge is 2.18. The molecule has 0 N–H and O–H groups in total. The summed E-state index contributed by atoms with van der Waals surface area (Å²) in [6.45, 7) is 9.10. The molecule has 0 radical (unpaired) electrons. The Morgan fingerprint density at radius 1 is 1.14 bits per heavy atom. The van der Waals surface area contributed by atoms with Crippen LogP contribution >= 0.6 is 11.8 Å². The minimum Gasteiger partial charge on any atom is -0.308 e. The summed E-state index contributed by atoms with van der Waals surface area (Å²) in [7, 11) is 0. The molecule has 0 bridgehead atoms. The van der Waals surface area contributed by atoms with Crippen molar-refractivity contribution >= 4 is 23.4 Å².